The monoisotopic (exact) mass is 593 g/mol. The number of halogens is 3. The summed E-state index contributed by atoms with van der Waals surface area (Å²) in [7, 11) is 0. The molecule has 232 valence electrons. The Morgan fingerprint density at radius 2 is 1.40 bits per heavy atom. The molecular weight excluding hydrogens is 551 g/mol. The van der Waals surface area contributed by atoms with E-state index in [4.69, 9.17) is 4.74 Å². The number of alkyl halides is 3. The van der Waals surface area contributed by atoms with Crippen molar-refractivity contribution >= 4 is 23.8 Å². The average Bonchev–Trinajstić information content (AvgIpc) is 2.88. The highest BCUT2D eigenvalue weighted by molar-refractivity contribution is 5.97. The van der Waals surface area contributed by atoms with Gasteiger partial charge in [-0.1, -0.05) is 52.0 Å². The molecule has 0 bridgehead atoms. The topological polar surface area (TPSA) is 97.0 Å². The summed E-state index contributed by atoms with van der Waals surface area (Å²) >= 11 is 0. The van der Waals surface area contributed by atoms with E-state index in [0.29, 0.717) is 43.9 Å². The standard InChI is InChI=1S/C31H42F3N3O5/c1-20(2)24-12-10-22(5)18-26(24)37(30(40)42-28(38)31(32,33)34)17-9-15-35-14-7-8-16-36-29(39)41-27-19-23(6)11-13-25(27)21(3)4/h10-13,18-21,35H,7-9,14-17H2,1-6H3,(H,36,39). The summed E-state index contributed by atoms with van der Waals surface area (Å²) in [5.41, 5.74) is 3.93. The minimum absolute atomic E-state index is 0.0210. The second-order valence-corrected chi connectivity index (χ2v) is 10.8. The molecule has 0 atom stereocenters. The van der Waals surface area contributed by atoms with E-state index in [1.165, 1.54) is 0 Å². The first kappa shape index (κ1) is 34.6. The molecule has 0 saturated heterocycles. The second-order valence-electron chi connectivity index (χ2n) is 10.8. The third-order valence-corrected chi connectivity index (χ3v) is 6.51. The lowest BCUT2D eigenvalue weighted by molar-refractivity contribution is -0.192. The van der Waals surface area contributed by atoms with Crippen molar-refractivity contribution in [3.05, 3.63) is 58.7 Å². The van der Waals surface area contributed by atoms with Gasteiger partial charge in [0.25, 0.3) is 0 Å². The van der Waals surface area contributed by atoms with Crippen molar-refractivity contribution < 1.29 is 37.0 Å². The Balaban J connectivity index is 1.82. The number of hydrogen-bond donors (Lipinski definition) is 2. The van der Waals surface area contributed by atoms with Gasteiger partial charge in [-0.3, -0.25) is 4.90 Å². The van der Waals surface area contributed by atoms with Crippen LogP contribution in [-0.4, -0.2) is 50.5 Å². The molecule has 42 heavy (non-hydrogen) atoms. The maximum absolute atomic E-state index is 12.7. The SMILES string of the molecule is Cc1ccc(C(C)C)c(OC(=O)NCCCCNCCCN(C(=O)OC(=O)C(F)(F)F)c2cc(C)ccc2C(C)C)c1. The lowest BCUT2D eigenvalue weighted by atomic mass is 9.98. The van der Waals surface area contributed by atoms with E-state index in [1.807, 2.05) is 65.0 Å². The van der Waals surface area contributed by atoms with Gasteiger partial charge in [0.15, 0.2) is 0 Å². The van der Waals surface area contributed by atoms with Crippen molar-refractivity contribution in [1.29, 1.82) is 0 Å². The Morgan fingerprint density at radius 1 is 0.833 bits per heavy atom. The molecule has 0 aliphatic carbocycles. The van der Waals surface area contributed by atoms with Crippen LogP contribution in [0.4, 0.5) is 28.4 Å². The van der Waals surface area contributed by atoms with Gasteiger partial charge in [-0.2, -0.15) is 13.2 Å². The molecule has 0 heterocycles. The van der Waals surface area contributed by atoms with Crippen LogP contribution in [0.5, 0.6) is 5.75 Å². The first-order valence-corrected chi connectivity index (χ1v) is 14.2. The number of esters is 1. The number of carbonyl (C=O) groups excluding carboxylic acids is 3. The molecule has 0 unspecified atom stereocenters. The Hall–Kier alpha value is -3.60. The highest BCUT2D eigenvalue weighted by atomic mass is 19.4. The zero-order chi connectivity index (χ0) is 31.4. The molecule has 0 saturated carbocycles. The predicted octanol–water partition coefficient (Wildman–Crippen LogP) is 7.13. The number of benzene rings is 2. The van der Waals surface area contributed by atoms with E-state index in [2.05, 4.69) is 15.4 Å². The molecule has 11 heteroatoms. The number of nitrogens with one attached hydrogen (secondary N) is 2. The molecular formula is C31H42F3N3O5. The summed E-state index contributed by atoms with van der Waals surface area (Å²) in [6, 6.07) is 11.1. The van der Waals surface area contributed by atoms with Crippen LogP contribution in [0.25, 0.3) is 0 Å². The van der Waals surface area contributed by atoms with Crippen LogP contribution < -0.4 is 20.3 Å². The van der Waals surface area contributed by atoms with Crippen LogP contribution in [0.15, 0.2) is 36.4 Å². The summed E-state index contributed by atoms with van der Waals surface area (Å²) < 4.78 is 47.9. The van der Waals surface area contributed by atoms with Gasteiger partial charge in [-0.25, -0.2) is 14.4 Å². The number of ether oxygens (including phenoxy) is 2. The molecule has 2 aromatic carbocycles. The highest BCUT2D eigenvalue weighted by Gasteiger charge is 2.43. The summed E-state index contributed by atoms with van der Waals surface area (Å²) in [5.74, 6) is -1.80. The predicted molar refractivity (Wildman–Crippen MR) is 156 cm³/mol. The van der Waals surface area contributed by atoms with Crippen LogP contribution in [0, 0.1) is 13.8 Å². The largest absolute Gasteiger partial charge is 0.491 e. The number of anilines is 1. The van der Waals surface area contributed by atoms with Gasteiger partial charge >= 0.3 is 24.3 Å². The number of carbonyl (C=O) groups is 3. The smallest absolute Gasteiger partial charge is 0.410 e. The first-order valence-electron chi connectivity index (χ1n) is 14.2. The molecule has 2 N–H and O–H groups in total. The van der Waals surface area contributed by atoms with Crippen LogP contribution in [0.3, 0.4) is 0 Å². The van der Waals surface area contributed by atoms with E-state index in [0.717, 1.165) is 33.6 Å². The number of unbranched alkanes of at least 4 members (excludes halogenated alkanes) is 1. The Labute approximate surface area is 245 Å². The van der Waals surface area contributed by atoms with Crippen LogP contribution in [-0.2, 0) is 9.53 Å². The molecule has 2 rings (SSSR count). The van der Waals surface area contributed by atoms with E-state index in [1.54, 1.807) is 13.0 Å². The molecule has 0 fully saturated rings. The normalized spacial score (nSPS) is 11.5. The highest BCUT2D eigenvalue weighted by Crippen LogP contribution is 2.30. The van der Waals surface area contributed by atoms with Gasteiger partial charge in [0, 0.05) is 13.1 Å². The van der Waals surface area contributed by atoms with Crippen LogP contribution in [0.2, 0.25) is 0 Å². The summed E-state index contributed by atoms with van der Waals surface area (Å²) in [5, 5.41) is 5.98. The second kappa shape index (κ2) is 16.1. The Bertz CT molecular complexity index is 1210. The molecule has 0 aliphatic rings. The molecule has 0 aliphatic heterocycles. The molecule has 2 aromatic rings. The fraction of sp³-hybridized carbons (Fsp3) is 0.516. The van der Waals surface area contributed by atoms with Gasteiger partial charge in [-0.05, 0) is 92.4 Å². The summed E-state index contributed by atoms with van der Waals surface area (Å²) in [6.45, 7) is 13.2. The van der Waals surface area contributed by atoms with Gasteiger partial charge < -0.3 is 20.1 Å². The zero-order valence-electron chi connectivity index (χ0n) is 25.2. The maximum Gasteiger partial charge on any atom is 0.491 e. The van der Waals surface area contributed by atoms with Crippen molar-refractivity contribution in [2.45, 2.75) is 78.8 Å². The van der Waals surface area contributed by atoms with Crippen LogP contribution >= 0.6 is 0 Å². The number of aryl methyl sites for hydroxylation is 2. The number of nitrogens with zero attached hydrogens (tertiary/aromatic N) is 1. The molecule has 0 spiro atoms. The van der Waals surface area contributed by atoms with Crippen LogP contribution in [0.1, 0.15) is 81.0 Å². The molecule has 8 nitrogen and oxygen atoms in total. The minimum Gasteiger partial charge on any atom is -0.410 e. The van der Waals surface area contributed by atoms with Gasteiger partial charge in [0.1, 0.15) is 5.75 Å². The molecule has 2 amide bonds. The third-order valence-electron chi connectivity index (χ3n) is 6.51. The van der Waals surface area contributed by atoms with Crippen molar-refractivity contribution in [3.63, 3.8) is 0 Å². The van der Waals surface area contributed by atoms with E-state index in [9.17, 15) is 27.6 Å². The van der Waals surface area contributed by atoms with Crippen molar-refractivity contribution in [2.24, 2.45) is 0 Å². The quantitative estimate of drug-likeness (QED) is 0.146. The minimum atomic E-state index is -5.28. The lowest BCUT2D eigenvalue weighted by Gasteiger charge is -2.26. The van der Waals surface area contributed by atoms with E-state index >= 15 is 0 Å². The van der Waals surface area contributed by atoms with Gasteiger partial charge in [0.05, 0.1) is 5.69 Å². The van der Waals surface area contributed by atoms with Crippen molar-refractivity contribution in [3.8, 4) is 5.75 Å². The third kappa shape index (κ3) is 11.0. The Kier molecular flexibility index (Phi) is 13.3. The summed E-state index contributed by atoms with van der Waals surface area (Å²) in [6.07, 6.45) is -5.30. The average molecular weight is 594 g/mol. The van der Waals surface area contributed by atoms with E-state index < -0.39 is 24.3 Å². The van der Waals surface area contributed by atoms with Gasteiger partial charge in [0.2, 0.25) is 0 Å². The van der Waals surface area contributed by atoms with Crippen molar-refractivity contribution in [1.82, 2.24) is 10.6 Å². The Morgan fingerprint density at radius 3 is 2.02 bits per heavy atom. The fourth-order valence-corrected chi connectivity index (χ4v) is 4.27. The number of hydrogen-bond acceptors (Lipinski definition) is 6. The van der Waals surface area contributed by atoms with Crippen molar-refractivity contribution in [2.75, 3.05) is 31.1 Å². The molecule has 0 aromatic heterocycles. The summed E-state index contributed by atoms with van der Waals surface area (Å²) in [4.78, 5) is 37.4. The van der Waals surface area contributed by atoms with Gasteiger partial charge in [-0.15, -0.1) is 0 Å². The molecule has 0 radical (unpaired) electrons. The first-order chi connectivity index (χ1) is 19.7. The number of amides is 2. The van der Waals surface area contributed by atoms with E-state index in [-0.39, 0.29) is 18.4 Å². The lowest BCUT2D eigenvalue weighted by Crippen LogP contribution is -2.39. The fourth-order valence-electron chi connectivity index (χ4n) is 4.27. The number of rotatable bonds is 13. The zero-order valence-corrected chi connectivity index (χ0v) is 25.2. The maximum atomic E-state index is 12.7.